The summed E-state index contributed by atoms with van der Waals surface area (Å²) in [5.74, 6) is 0.842. The number of nitrogens with one attached hydrogen (secondary N) is 1. The van der Waals surface area contributed by atoms with E-state index in [1.165, 1.54) is 0 Å². The van der Waals surface area contributed by atoms with Crippen LogP contribution in [0.5, 0.6) is 0 Å². The quantitative estimate of drug-likeness (QED) is 0.813. The molecule has 0 radical (unpaired) electrons. The minimum atomic E-state index is -0.395. The highest BCUT2D eigenvalue weighted by Crippen LogP contribution is 2.34. The second kappa shape index (κ2) is 5.36. The first-order valence-corrected chi connectivity index (χ1v) is 7.03. The molecule has 20 heavy (non-hydrogen) atoms. The van der Waals surface area contributed by atoms with Crippen LogP contribution in [0.25, 0.3) is 0 Å². The van der Waals surface area contributed by atoms with Crippen LogP contribution in [0.4, 0.5) is 5.82 Å². The fourth-order valence-corrected chi connectivity index (χ4v) is 2.76. The summed E-state index contributed by atoms with van der Waals surface area (Å²) < 4.78 is 0. The molecule has 0 spiro atoms. The fourth-order valence-electron chi connectivity index (χ4n) is 2.61. The molecule has 1 saturated heterocycles. The van der Waals surface area contributed by atoms with Crippen molar-refractivity contribution in [3.05, 3.63) is 23.4 Å². The SMILES string of the molecule is CNC(=O)C1(C)CCN(c2nc(C)ccc2C(N)=S)C1. The Balaban J connectivity index is 2.33. The molecule has 1 amide bonds. The molecule has 108 valence electrons. The lowest BCUT2D eigenvalue weighted by atomic mass is 9.89. The van der Waals surface area contributed by atoms with Crippen LogP contribution in [0.2, 0.25) is 0 Å². The van der Waals surface area contributed by atoms with Gasteiger partial charge in [0, 0.05) is 25.8 Å². The van der Waals surface area contributed by atoms with E-state index in [-0.39, 0.29) is 5.91 Å². The molecule has 0 saturated carbocycles. The number of hydrogen-bond donors (Lipinski definition) is 2. The zero-order chi connectivity index (χ0) is 14.9. The minimum Gasteiger partial charge on any atom is -0.389 e. The van der Waals surface area contributed by atoms with Gasteiger partial charge in [-0.3, -0.25) is 4.79 Å². The highest BCUT2D eigenvalue weighted by Gasteiger charge is 2.40. The van der Waals surface area contributed by atoms with Crippen LogP contribution in [0, 0.1) is 12.3 Å². The van der Waals surface area contributed by atoms with Gasteiger partial charge in [-0.1, -0.05) is 12.2 Å². The van der Waals surface area contributed by atoms with Gasteiger partial charge in [0.25, 0.3) is 0 Å². The standard InChI is InChI=1S/C14H20N4OS/c1-9-4-5-10(11(15)20)12(17-9)18-7-6-14(2,8-18)13(19)16-3/h4-5H,6-8H2,1-3H3,(H2,15,20)(H,16,19). The topological polar surface area (TPSA) is 71.2 Å². The van der Waals surface area contributed by atoms with Crippen molar-refractivity contribution in [2.24, 2.45) is 11.1 Å². The van der Waals surface area contributed by atoms with E-state index in [1.807, 2.05) is 26.0 Å². The van der Waals surface area contributed by atoms with Crippen LogP contribution in [-0.4, -0.2) is 36.0 Å². The molecular formula is C14H20N4OS. The van der Waals surface area contributed by atoms with E-state index in [0.717, 1.165) is 30.0 Å². The maximum absolute atomic E-state index is 12.0. The molecule has 1 unspecified atom stereocenters. The summed E-state index contributed by atoms with van der Waals surface area (Å²) in [5.41, 5.74) is 7.06. The van der Waals surface area contributed by atoms with Gasteiger partial charge in [-0.25, -0.2) is 4.98 Å². The Bertz CT molecular complexity index is 560. The molecule has 0 bridgehead atoms. The molecule has 1 aromatic heterocycles. The lowest BCUT2D eigenvalue weighted by molar-refractivity contribution is -0.128. The number of amides is 1. The van der Waals surface area contributed by atoms with E-state index in [1.54, 1.807) is 7.05 Å². The maximum Gasteiger partial charge on any atom is 0.227 e. The molecule has 1 fully saturated rings. The van der Waals surface area contributed by atoms with Gasteiger partial charge < -0.3 is 16.0 Å². The lowest BCUT2D eigenvalue weighted by Crippen LogP contribution is -2.39. The number of aromatic nitrogens is 1. The van der Waals surface area contributed by atoms with Gasteiger partial charge in [0.15, 0.2) is 0 Å². The van der Waals surface area contributed by atoms with Crippen LogP contribution in [0.1, 0.15) is 24.6 Å². The average Bonchev–Trinajstić information content (AvgIpc) is 2.81. The summed E-state index contributed by atoms with van der Waals surface area (Å²) in [4.78, 5) is 19.0. The van der Waals surface area contributed by atoms with E-state index in [9.17, 15) is 4.79 Å². The number of carbonyl (C=O) groups is 1. The summed E-state index contributed by atoms with van der Waals surface area (Å²) in [5, 5.41) is 2.73. The summed E-state index contributed by atoms with van der Waals surface area (Å²) in [6.45, 7) is 5.30. The van der Waals surface area contributed by atoms with Gasteiger partial charge in [-0.05, 0) is 32.4 Å². The third kappa shape index (κ3) is 2.60. The third-order valence-corrected chi connectivity index (χ3v) is 4.05. The number of nitrogens with zero attached hydrogens (tertiary/aromatic N) is 2. The van der Waals surface area contributed by atoms with Crippen LogP contribution in [0.15, 0.2) is 12.1 Å². The van der Waals surface area contributed by atoms with Crippen molar-refractivity contribution in [1.29, 1.82) is 0 Å². The van der Waals surface area contributed by atoms with E-state index >= 15 is 0 Å². The normalized spacial score (nSPS) is 21.9. The van der Waals surface area contributed by atoms with E-state index < -0.39 is 5.41 Å². The van der Waals surface area contributed by atoms with Gasteiger partial charge in [0.2, 0.25) is 5.91 Å². The molecule has 2 rings (SSSR count). The third-order valence-electron chi connectivity index (χ3n) is 3.83. The van der Waals surface area contributed by atoms with E-state index in [4.69, 9.17) is 18.0 Å². The number of carbonyl (C=O) groups excluding carboxylic acids is 1. The maximum atomic E-state index is 12.0. The number of thiocarbonyl (C=S) groups is 1. The highest BCUT2D eigenvalue weighted by atomic mass is 32.1. The predicted octanol–water partition coefficient (Wildman–Crippen LogP) is 0.987. The smallest absolute Gasteiger partial charge is 0.227 e. The zero-order valence-corrected chi connectivity index (χ0v) is 12.9. The monoisotopic (exact) mass is 292 g/mol. The molecule has 3 N–H and O–H groups in total. The summed E-state index contributed by atoms with van der Waals surface area (Å²) in [6, 6.07) is 3.79. The van der Waals surface area contributed by atoms with Crippen molar-refractivity contribution in [3.63, 3.8) is 0 Å². The largest absolute Gasteiger partial charge is 0.389 e. The van der Waals surface area contributed by atoms with Gasteiger partial charge in [-0.2, -0.15) is 0 Å². The summed E-state index contributed by atoms with van der Waals surface area (Å²) in [6.07, 6.45) is 0.791. The lowest BCUT2D eigenvalue weighted by Gasteiger charge is -2.24. The fraction of sp³-hybridized carbons (Fsp3) is 0.500. The molecule has 6 heteroatoms. The molecule has 1 aliphatic heterocycles. The Morgan fingerprint density at radius 2 is 2.25 bits per heavy atom. The number of anilines is 1. The molecule has 2 heterocycles. The Hall–Kier alpha value is -1.69. The van der Waals surface area contributed by atoms with Gasteiger partial charge in [-0.15, -0.1) is 0 Å². The van der Waals surface area contributed by atoms with Crippen molar-refractivity contribution in [1.82, 2.24) is 10.3 Å². The molecule has 1 atom stereocenters. The zero-order valence-electron chi connectivity index (χ0n) is 12.1. The first-order valence-electron chi connectivity index (χ1n) is 6.62. The number of pyridine rings is 1. The molecule has 0 aliphatic carbocycles. The number of nitrogens with two attached hydrogens (primary N) is 1. The Morgan fingerprint density at radius 1 is 1.55 bits per heavy atom. The average molecular weight is 292 g/mol. The van der Waals surface area contributed by atoms with Crippen molar-refractivity contribution >= 4 is 28.9 Å². The second-order valence-electron chi connectivity index (χ2n) is 5.50. The second-order valence-corrected chi connectivity index (χ2v) is 5.94. The molecule has 1 aliphatic rings. The summed E-state index contributed by atoms with van der Waals surface area (Å²) >= 11 is 5.09. The van der Waals surface area contributed by atoms with Gasteiger partial charge in [0.1, 0.15) is 10.8 Å². The van der Waals surface area contributed by atoms with Crippen LogP contribution < -0.4 is 16.0 Å². The van der Waals surface area contributed by atoms with Gasteiger partial charge >= 0.3 is 0 Å². The van der Waals surface area contributed by atoms with E-state index in [2.05, 4.69) is 15.2 Å². The predicted molar refractivity (Wildman–Crippen MR) is 83.9 cm³/mol. The molecule has 1 aromatic rings. The van der Waals surface area contributed by atoms with Crippen molar-refractivity contribution in [3.8, 4) is 0 Å². The van der Waals surface area contributed by atoms with Crippen LogP contribution >= 0.6 is 12.2 Å². The summed E-state index contributed by atoms with van der Waals surface area (Å²) in [7, 11) is 1.67. The first-order chi connectivity index (χ1) is 9.37. The Kier molecular flexibility index (Phi) is 3.94. The first kappa shape index (κ1) is 14.7. The van der Waals surface area contributed by atoms with Gasteiger partial charge in [0.05, 0.1) is 11.0 Å². The number of hydrogen-bond acceptors (Lipinski definition) is 4. The molecular weight excluding hydrogens is 272 g/mol. The van der Waals surface area contributed by atoms with Crippen LogP contribution in [0.3, 0.4) is 0 Å². The minimum absolute atomic E-state index is 0.0597. The molecule has 5 nitrogen and oxygen atoms in total. The Labute approximate surface area is 124 Å². The van der Waals surface area contributed by atoms with Crippen LogP contribution in [-0.2, 0) is 4.79 Å². The molecule has 0 aromatic carbocycles. The highest BCUT2D eigenvalue weighted by molar-refractivity contribution is 7.80. The van der Waals surface area contributed by atoms with Crippen molar-refractivity contribution in [2.75, 3.05) is 25.0 Å². The van der Waals surface area contributed by atoms with Crippen molar-refractivity contribution in [2.45, 2.75) is 20.3 Å². The van der Waals surface area contributed by atoms with Crippen molar-refractivity contribution < 1.29 is 4.79 Å². The Morgan fingerprint density at radius 3 is 2.85 bits per heavy atom. The number of aryl methyl sites for hydroxylation is 1. The van der Waals surface area contributed by atoms with E-state index in [0.29, 0.717) is 11.5 Å². The number of rotatable bonds is 3.